The molecule has 0 aromatic heterocycles. The van der Waals surface area contributed by atoms with Crippen LogP contribution in [-0.2, 0) is 4.79 Å². The van der Waals surface area contributed by atoms with Crippen molar-refractivity contribution in [2.45, 2.75) is 25.8 Å². The second-order valence-electron chi connectivity index (χ2n) is 7.49. The van der Waals surface area contributed by atoms with Gasteiger partial charge >= 0.3 is 12.1 Å². The van der Waals surface area contributed by atoms with Crippen LogP contribution in [0.1, 0.15) is 18.4 Å². The van der Waals surface area contributed by atoms with Crippen molar-refractivity contribution in [3.63, 3.8) is 0 Å². The number of imide groups is 1. The Balaban J connectivity index is 1.35. The van der Waals surface area contributed by atoms with Crippen LogP contribution in [0.15, 0.2) is 54.6 Å². The summed E-state index contributed by atoms with van der Waals surface area (Å²) < 4.78 is 0. The quantitative estimate of drug-likeness (QED) is 0.813. The summed E-state index contributed by atoms with van der Waals surface area (Å²) in [6, 6.07) is 16.2. The van der Waals surface area contributed by atoms with E-state index in [-0.39, 0.29) is 30.6 Å². The van der Waals surface area contributed by atoms with Crippen molar-refractivity contribution in [1.82, 2.24) is 9.80 Å². The number of aryl methyl sites for hydroxylation is 1. The zero-order valence-electron chi connectivity index (χ0n) is 16.4. The summed E-state index contributed by atoms with van der Waals surface area (Å²) in [6.07, 6.45) is 1.31. The van der Waals surface area contributed by atoms with E-state index in [1.165, 1.54) is 4.90 Å². The van der Waals surface area contributed by atoms with E-state index >= 15 is 0 Å². The molecular formula is C22H24N4O3. The van der Waals surface area contributed by atoms with E-state index in [4.69, 9.17) is 0 Å². The first-order chi connectivity index (χ1) is 14.0. The molecule has 4 rings (SSSR count). The maximum atomic E-state index is 12.8. The maximum Gasteiger partial charge on any atom is 0.332 e. The van der Waals surface area contributed by atoms with Gasteiger partial charge < -0.3 is 15.1 Å². The molecule has 0 unspecified atom stereocenters. The first-order valence-electron chi connectivity index (χ1n) is 9.84. The third-order valence-corrected chi connectivity index (χ3v) is 5.50. The molecule has 5 amide bonds. The van der Waals surface area contributed by atoms with Crippen molar-refractivity contribution in [3.8, 4) is 0 Å². The van der Waals surface area contributed by atoms with Crippen LogP contribution in [-0.4, -0.2) is 53.4 Å². The summed E-state index contributed by atoms with van der Waals surface area (Å²) >= 11 is 0. The smallest absolute Gasteiger partial charge is 0.324 e. The lowest BCUT2D eigenvalue weighted by molar-refractivity contribution is -0.116. The summed E-state index contributed by atoms with van der Waals surface area (Å²) in [6.45, 7) is 3.19. The number of hydrogen-bond donors (Lipinski definition) is 1. The molecule has 0 atom stereocenters. The Kier molecular flexibility index (Phi) is 5.20. The Morgan fingerprint density at radius 3 is 2.28 bits per heavy atom. The van der Waals surface area contributed by atoms with E-state index in [9.17, 15) is 14.4 Å². The molecule has 0 spiro atoms. The fourth-order valence-electron chi connectivity index (χ4n) is 3.86. The van der Waals surface area contributed by atoms with E-state index in [1.807, 2.05) is 49.4 Å². The predicted octanol–water partition coefficient (Wildman–Crippen LogP) is 3.46. The number of rotatable bonds is 3. The highest BCUT2D eigenvalue weighted by molar-refractivity contribution is 6.19. The van der Waals surface area contributed by atoms with E-state index in [0.29, 0.717) is 31.6 Å². The number of hydrogen-bond acceptors (Lipinski definition) is 3. The van der Waals surface area contributed by atoms with Gasteiger partial charge in [0.2, 0.25) is 0 Å². The molecule has 0 radical (unpaired) electrons. The van der Waals surface area contributed by atoms with Gasteiger partial charge in [-0.15, -0.1) is 0 Å². The van der Waals surface area contributed by atoms with Gasteiger partial charge in [-0.2, -0.15) is 0 Å². The summed E-state index contributed by atoms with van der Waals surface area (Å²) in [5.74, 6) is -0.208. The third kappa shape index (κ3) is 3.94. The Hall–Kier alpha value is -3.35. The normalized spacial score (nSPS) is 17.8. The van der Waals surface area contributed by atoms with Crippen LogP contribution < -0.4 is 10.2 Å². The minimum atomic E-state index is -0.274. The molecule has 0 saturated carbocycles. The molecule has 7 heteroatoms. The number of urea groups is 2. The largest absolute Gasteiger partial charge is 0.332 e. The zero-order valence-corrected chi connectivity index (χ0v) is 16.4. The number of para-hydroxylation sites is 1. The lowest BCUT2D eigenvalue weighted by Gasteiger charge is -2.36. The molecule has 2 aliphatic rings. The summed E-state index contributed by atoms with van der Waals surface area (Å²) in [7, 11) is 0. The van der Waals surface area contributed by atoms with Crippen LogP contribution in [0.3, 0.4) is 0 Å². The van der Waals surface area contributed by atoms with Gasteiger partial charge in [0.25, 0.3) is 5.91 Å². The van der Waals surface area contributed by atoms with Crippen molar-refractivity contribution in [3.05, 3.63) is 60.2 Å². The molecule has 7 nitrogen and oxygen atoms in total. The average molecular weight is 392 g/mol. The van der Waals surface area contributed by atoms with Crippen LogP contribution in [0.25, 0.3) is 0 Å². The number of carbonyl (C=O) groups is 3. The predicted molar refractivity (Wildman–Crippen MR) is 111 cm³/mol. The van der Waals surface area contributed by atoms with E-state index < -0.39 is 0 Å². The zero-order chi connectivity index (χ0) is 20.4. The standard InChI is InChI=1S/C22H24N4O3/c1-16-7-9-17(10-8-16)23-21(28)24-13-11-18(12-14-24)25-15-20(27)26(22(25)29)19-5-3-2-4-6-19/h2-10,18H,11-15H2,1H3,(H,23,28). The van der Waals surface area contributed by atoms with Crippen LogP contribution in [0.5, 0.6) is 0 Å². The van der Waals surface area contributed by atoms with Gasteiger partial charge in [-0.05, 0) is 44.0 Å². The number of nitrogens with one attached hydrogen (secondary N) is 1. The Labute approximate surface area is 169 Å². The van der Waals surface area contributed by atoms with Crippen LogP contribution in [0, 0.1) is 6.92 Å². The van der Waals surface area contributed by atoms with Gasteiger partial charge in [0.05, 0.1) is 5.69 Å². The number of anilines is 2. The Bertz CT molecular complexity index is 905. The number of likely N-dealkylation sites (tertiary alicyclic amines) is 1. The summed E-state index contributed by atoms with van der Waals surface area (Å²) in [5, 5.41) is 2.91. The average Bonchev–Trinajstić information content (AvgIpc) is 3.04. The Morgan fingerprint density at radius 2 is 1.62 bits per heavy atom. The van der Waals surface area contributed by atoms with Crippen molar-refractivity contribution in [1.29, 1.82) is 0 Å². The Morgan fingerprint density at radius 1 is 0.966 bits per heavy atom. The molecule has 2 fully saturated rings. The first-order valence-corrected chi connectivity index (χ1v) is 9.84. The number of piperidine rings is 1. The molecule has 2 aromatic rings. The van der Waals surface area contributed by atoms with E-state index in [0.717, 1.165) is 11.3 Å². The molecule has 0 aliphatic carbocycles. The number of amides is 5. The monoisotopic (exact) mass is 392 g/mol. The van der Waals surface area contributed by atoms with Crippen LogP contribution >= 0.6 is 0 Å². The van der Waals surface area contributed by atoms with Gasteiger partial charge in [-0.3, -0.25) is 4.79 Å². The van der Waals surface area contributed by atoms with Crippen molar-refractivity contribution >= 4 is 29.3 Å². The molecule has 150 valence electrons. The van der Waals surface area contributed by atoms with Gasteiger partial charge in [0.1, 0.15) is 6.54 Å². The number of nitrogens with zero attached hydrogens (tertiary/aromatic N) is 3. The molecule has 29 heavy (non-hydrogen) atoms. The number of benzene rings is 2. The topological polar surface area (TPSA) is 73.0 Å². The highest BCUT2D eigenvalue weighted by Crippen LogP contribution is 2.26. The van der Waals surface area contributed by atoms with Crippen LogP contribution in [0.4, 0.5) is 21.0 Å². The van der Waals surface area contributed by atoms with Crippen LogP contribution in [0.2, 0.25) is 0 Å². The van der Waals surface area contributed by atoms with Crippen molar-refractivity contribution < 1.29 is 14.4 Å². The fourth-order valence-corrected chi connectivity index (χ4v) is 3.86. The SMILES string of the molecule is Cc1ccc(NC(=O)N2CCC(N3CC(=O)N(c4ccccc4)C3=O)CC2)cc1. The minimum absolute atomic E-state index is 0.0383. The van der Waals surface area contributed by atoms with Gasteiger partial charge in [0.15, 0.2) is 0 Å². The van der Waals surface area contributed by atoms with Crippen molar-refractivity contribution in [2.24, 2.45) is 0 Å². The molecule has 2 heterocycles. The summed E-state index contributed by atoms with van der Waals surface area (Å²) in [4.78, 5) is 42.4. The van der Waals surface area contributed by atoms with Gasteiger partial charge in [-0.25, -0.2) is 14.5 Å². The molecule has 1 N–H and O–H groups in total. The minimum Gasteiger partial charge on any atom is -0.324 e. The second kappa shape index (κ2) is 7.95. The molecule has 2 aromatic carbocycles. The van der Waals surface area contributed by atoms with Gasteiger partial charge in [0, 0.05) is 24.8 Å². The third-order valence-electron chi connectivity index (χ3n) is 5.50. The fraction of sp³-hybridized carbons (Fsp3) is 0.318. The highest BCUT2D eigenvalue weighted by atomic mass is 16.2. The number of carbonyl (C=O) groups excluding carboxylic acids is 3. The lowest BCUT2D eigenvalue weighted by Crippen LogP contribution is -2.49. The molecular weight excluding hydrogens is 368 g/mol. The van der Waals surface area contributed by atoms with E-state index in [1.54, 1.807) is 21.9 Å². The maximum absolute atomic E-state index is 12.8. The molecule has 2 aliphatic heterocycles. The van der Waals surface area contributed by atoms with Gasteiger partial charge in [-0.1, -0.05) is 35.9 Å². The molecule has 0 bridgehead atoms. The highest BCUT2D eigenvalue weighted by Gasteiger charge is 2.41. The van der Waals surface area contributed by atoms with Crippen molar-refractivity contribution in [2.75, 3.05) is 29.9 Å². The summed E-state index contributed by atoms with van der Waals surface area (Å²) in [5.41, 5.74) is 2.50. The molecule has 2 saturated heterocycles. The lowest BCUT2D eigenvalue weighted by atomic mass is 10.0. The first kappa shape index (κ1) is 19.0. The van der Waals surface area contributed by atoms with E-state index in [2.05, 4.69) is 5.32 Å². The second-order valence-corrected chi connectivity index (χ2v) is 7.49.